The molecule has 3 aliphatic heterocycles. The first-order chi connectivity index (χ1) is 43.8. The fourth-order valence-corrected chi connectivity index (χ4v) is 8.79. The molecule has 3 heterocycles. The van der Waals surface area contributed by atoms with Crippen LogP contribution in [0.15, 0.2) is 164 Å². The Hall–Kier alpha value is -7.47. The molecule has 3 fully saturated rings. The molecular weight excluding hydrogens is 1210 g/mol. The number of aryl methyl sites for hydroxylation is 4. The Kier molecular flexibility index (Phi) is 23.7. The van der Waals surface area contributed by atoms with Crippen LogP contribution < -0.4 is 41.5 Å². The van der Waals surface area contributed by atoms with Crippen molar-refractivity contribution in [3.63, 3.8) is 0 Å². The monoisotopic (exact) mass is 1290 g/mol. The van der Waals surface area contributed by atoms with Gasteiger partial charge in [-0.05, 0) is 233 Å². The Balaban J connectivity index is 0.000000170. The van der Waals surface area contributed by atoms with E-state index in [1.165, 1.54) is 54.6 Å². The van der Waals surface area contributed by atoms with Crippen LogP contribution in [0.4, 0.5) is 22.0 Å². The Bertz CT molecular complexity index is 3680. The summed E-state index contributed by atoms with van der Waals surface area (Å²) in [5.74, 6) is 0.786. The Morgan fingerprint density at radius 1 is 0.298 bits per heavy atom. The van der Waals surface area contributed by atoms with E-state index in [-0.39, 0.29) is 51.1 Å². The van der Waals surface area contributed by atoms with Crippen LogP contribution in [0.3, 0.4) is 0 Å². The topological polar surface area (TPSA) is 184 Å². The molecule has 8 aromatic carbocycles. The zero-order valence-corrected chi connectivity index (χ0v) is 55.8. The van der Waals surface area contributed by atoms with Gasteiger partial charge in [0.2, 0.25) is 0 Å². The molecule has 0 spiro atoms. The van der Waals surface area contributed by atoms with Gasteiger partial charge in [-0.1, -0.05) is 72.8 Å². The molecule has 14 nitrogen and oxygen atoms in total. The standard InChI is InChI=1S/2C19H22BFO3.C13H12BFO3.C12H16BFO3.C7H8BFO2/c2*1-13-6-9-16(12-17(13)21)22-15-10-7-14(8-11-15)20-23-18(2,3)19(4,5)24-20;1-9-2-5-12(8-13(9)15)18-11-6-3-10(4-7-11)14(16)17;1-11(2)12(3,4)17-13(16-11)8-5-6-10(15)9(14)7-8;1-5-2-3-6(8(10)11)4-7(5)9/h2*6-12H,1-5H3;2-8,16-17H,1H3;5-7,15H,1-4H3;2-4,10-11H,1H3. The maximum atomic E-state index is 13.6. The van der Waals surface area contributed by atoms with E-state index in [1.807, 2.05) is 132 Å². The number of phenols is 1. The van der Waals surface area contributed by atoms with Crippen LogP contribution in [0.5, 0.6) is 40.2 Å². The van der Waals surface area contributed by atoms with Crippen molar-refractivity contribution in [1.82, 2.24) is 0 Å². The van der Waals surface area contributed by atoms with E-state index in [2.05, 4.69) is 0 Å². The summed E-state index contributed by atoms with van der Waals surface area (Å²) in [6.45, 7) is 30.7. The zero-order valence-electron chi connectivity index (χ0n) is 55.8. The van der Waals surface area contributed by atoms with Gasteiger partial charge in [-0.2, -0.15) is 0 Å². The molecule has 494 valence electrons. The minimum absolute atomic E-state index is 0.174. The Morgan fingerprint density at radius 3 is 0.819 bits per heavy atom. The van der Waals surface area contributed by atoms with Gasteiger partial charge >= 0.3 is 35.6 Å². The number of rotatable bonds is 11. The van der Waals surface area contributed by atoms with Gasteiger partial charge in [-0.3, -0.25) is 0 Å². The number of benzene rings is 8. The summed E-state index contributed by atoms with van der Waals surface area (Å²) in [5, 5.41) is 44.3. The first-order valence-electron chi connectivity index (χ1n) is 30.4. The lowest BCUT2D eigenvalue weighted by Gasteiger charge is -2.32. The lowest BCUT2D eigenvalue weighted by atomic mass is 9.79. The van der Waals surface area contributed by atoms with Crippen LogP contribution in [-0.2, 0) is 27.9 Å². The summed E-state index contributed by atoms with van der Waals surface area (Å²) in [6, 6.07) is 43.7. The molecule has 3 saturated heterocycles. The molecule has 11 rings (SSSR count). The van der Waals surface area contributed by atoms with Crippen molar-refractivity contribution in [3.05, 3.63) is 215 Å². The Labute approximate surface area is 549 Å². The quantitative estimate of drug-likeness (QED) is 0.0609. The number of aromatic hydroxyl groups is 1. The van der Waals surface area contributed by atoms with Crippen molar-refractivity contribution in [3.8, 4) is 40.2 Å². The maximum absolute atomic E-state index is 13.6. The van der Waals surface area contributed by atoms with Gasteiger partial charge in [0.15, 0.2) is 11.6 Å². The largest absolute Gasteiger partial charge is 0.505 e. The number of phenolic OH excluding ortho intramolecular Hbond substituents is 1. The normalized spacial score (nSPS) is 16.6. The molecule has 94 heavy (non-hydrogen) atoms. The molecule has 0 atom stereocenters. The molecule has 0 radical (unpaired) electrons. The second kappa shape index (κ2) is 30.1. The zero-order chi connectivity index (χ0) is 69.5. The lowest BCUT2D eigenvalue weighted by Crippen LogP contribution is -2.41. The van der Waals surface area contributed by atoms with Crippen LogP contribution in [0.2, 0.25) is 0 Å². The van der Waals surface area contributed by atoms with Crippen LogP contribution in [0.25, 0.3) is 0 Å². The van der Waals surface area contributed by atoms with E-state index in [9.17, 15) is 22.0 Å². The third-order valence-electron chi connectivity index (χ3n) is 17.1. The summed E-state index contributed by atoms with van der Waals surface area (Å²) in [4.78, 5) is 0. The summed E-state index contributed by atoms with van der Waals surface area (Å²) in [6.07, 6.45) is 0. The van der Waals surface area contributed by atoms with Gasteiger partial charge in [0.25, 0.3) is 0 Å². The highest BCUT2D eigenvalue weighted by Gasteiger charge is 2.54. The molecule has 8 aromatic rings. The van der Waals surface area contributed by atoms with Crippen LogP contribution >= 0.6 is 0 Å². The summed E-state index contributed by atoms with van der Waals surface area (Å²) in [7, 11) is -4.50. The van der Waals surface area contributed by atoms with E-state index in [1.54, 1.807) is 82.3 Å². The molecule has 24 heteroatoms. The van der Waals surface area contributed by atoms with E-state index >= 15 is 0 Å². The SMILES string of the molecule is CC1(C)OB(c2ccc(O)c(F)c2)OC1(C)C.Cc1ccc(B(O)O)cc1F.Cc1ccc(Oc2ccc(B(O)O)cc2)cc1F.Cc1ccc(Oc2ccc(B3OC(C)(C)C(C)(C)O3)cc2)cc1F.Cc1ccc(Oc2ccc(B3OC(C)(C)C(C)(C)O3)cc2)cc1F. The minimum Gasteiger partial charge on any atom is -0.505 e. The second-order valence-corrected chi connectivity index (χ2v) is 26.0. The lowest BCUT2D eigenvalue weighted by molar-refractivity contribution is 0.00578. The molecule has 0 aliphatic carbocycles. The summed E-state index contributed by atoms with van der Waals surface area (Å²) < 4.78 is 119. The van der Waals surface area contributed by atoms with Crippen LogP contribution in [-0.4, -0.2) is 94.4 Å². The van der Waals surface area contributed by atoms with E-state index in [4.69, 9.17) is 67.3 Å². The highest BCUT2D eigenvalue weighted by atomic mass is 19.1. The minimum atomic E-state index is -1.59. The van der Waals surface area contributed by atoms with Crippen LogP contribution in [0.1, 0.15) is 105 Å². The molecule has 0 bridgehead atoms. The van der Waals surface area contributed by atoms with Crippen molar-refractivity contribution >= 4 is 62.9 Å². The molecular formula is C70H80B5F5O14. The predicted octanol–water partition coefficient (Wildman–Crippen LogP) is 11.7. The third kappa shape index (κ3) is 18.9. The molecule has 5 N–H and O–H groups in total. The fourth-order valence-electron chi connectivity index (χ4n) is 8.79. The molecule has 0 unspecified atom stereocenters. The van der Waals surface area contributed by atoms with Crippen molar-refractivity contribution in [2.24, 2.45) is 0 Å². The molecule has 0 amide bonds. The average Bonchev–Trinajstić information content (AvgIpc) is 1.64. The number of hydrogen-bond donors (Lipinski definition) is 5. The van der Waals surface area contributed by atoms with E-state index in [0.717, 1.165) is 17.0 Å². The highest BCUT2D eigenvalue weighted by Crippen LogP contribution is 2.39. The molecule has 0 saturated carbocycles. The van der Waals surface area contributed by atoms with Crippen LogP contribution in [0, 0.1) is 56.8 Å². The van der Waals surface area contributed by atoms with Gasteiger partial charge in [0, 0.05) is 18.2 Å². The van der Waals surface area contributed by atoms with Crippen molar-refractivity contribution in [2.75, 3.05) is 0 Å². The van der Waals surface area contributed by atoms with Gasteiger partial charge in [-0.15, -0.1) is 0 Å². The number of halogens is 5. The number of ether oxygens (including phenoxy) is 3. The van der Waals surface area contributed by atoms with Gasteiger partial charge < -0.3 is 67.3 Å². The molecule has 0 aromatic heterocycles. The first-order valence-corrected chi connectivity index (χ1v) is 30.4. The third-order valence-corrected chi connectivity index (χ3v) is 17.1. The predicted molar refractivity (Wildman–Crippen MR) is 359 cm³/mol. The first kappa shape index (κ1) is 73.9. The summed E-state index contributed by atoms with van der Waals surface area (Å²) >= 11 is 0. The highest BCUT2D eigenvalue weighted by molar-refractivity contribution is 6.63. The van der Waals surface area contributed by atoms with Crippen molar-refractivity contribution in [1.29, 1.82) is 0 Å². The second-order valence-electron chi connectivity index (χ2n) is 26.0. The van der Waals surface area contributed by atoms with E-state index < -0.39 is 58.4 Å². The van der Waals surface area contributed by atoms with Crippen molar-refractivity contribution < 1.29 is 89.3 Å². The Morgan fingerprint density at radius 2 is 0.543 bits per heavy atom. The van der Waals surface area contributed by atoms with Gasteiger partial charge in [-0.25, -0.2) is 22.0 Å². The van der Waals surface area contributed by atoms with Gasteiger partial charge in [0.05, 0.1) is 33.6 Å². The number of hydrogen-bond acceptors (Lipinski definition) is 14. The van der Waals surface area contributed by atoms with E-state index in [0.29, 0.717) is 67.7 Å². The van der Waals surface area contributed by atoms with Crippen molar-refractivity contribution in [2.45, 2.75) is 144 Å². The maximum Gasteiger partial charge on any atom is 0.494 e. The fraction of sp³-hybridized carbons (Fsp3) is 0.314. The smallest absolute Gasteiger partial charge is 0.494 e. The molecule has 3 aliphatic rings. The van der Waals surface area contributed by atoms with Gasteiger partial charge in [0.1, 0.15) is 57.8 Å². The summed E-state index contributed by atoms with van der Waals surface area (Å²) in [5.41, 5.74) is 2.83. The average molecular weight is 1290 g/mol.